The summed E-state index contributed by atoms with van der Waals surface area (Å²) in [5, 5.41) is 2.16. The van der Waals surface area contributed by atoms with Crippen LogP contribution in [-0.4, -0.2) is 28.7 Å². The van der Waals surface area contributed by atoms with Gasteiger partial charge in [-0.25, -0.2) is 4.39 Å². The van der Waals surface area contributed by atoms with Gasteiger partial charge in [0.1, 0.15) is 17.3 Å². The molecule has 0 fully saturated rings. The maximum absolute atomic E-state index is 13.3. The summed E-state index contributed by atoms with van der Waals surface area (Å²) in [6.07, 6.45) is 0.787. The predicted molar refractivity (Wildman–Crippen MR) is 130 cm³/mol. The molecule has 0 radical (unpaired) electrons. The van der Waals surface area contributed by atoms with Gasteiger partial charge in [0.2, 0.25) is 0 Å². The van der Waals surface area contributed by atoms with Crippen LogP contribution in [0.4, 0.5) is 4.39 Å². The fourth-order valence-corrected chi connectivity index (χ4v) is 4.72. The number of aromatic amines is 1. The monoisotopic (exact) mass is 468 g/mol. The summed E-state index contributed by atoms with van der Waals surface area (Å²) < 4.78 is 24.6. The molecule has 7 heteroatoms. The third-order valence-electron chi connectivity index (χ3n) is 5.77. The van der Waals surface area contributed by atoms with Gasteiger partial charge in [-0.2, -0.15) is 0 Å². The van der Waals surface area contributed by atoms with Gasteiger partial charge < -0.3 is 19.4 Å². The van der Waals surface area contributed by atoms with E-state index in [1.165, 1.54) is 17.7 Å². The van der Waals surface area contributed by atoms with E-state index in [1.54, 1.807) is 19.2 Å². The molecular formula is C25H22ClFN2O2S. The van der Waals surface area contributed by atoms with E-state index in [-0.39, 0.29) is 13.3 Å². The molecule has 5 rings (SSSR count). The van der Waals surface area contributed by atoms with Crippen LogP contribution >= 0.6 is 23.8 Å². The Hall–Kier alpha value is -3.09. The highest BCUT2D eigenvalue weighted by Gasteiger charge is 2.34. The van der Waals surface area contributed by atoms with Crippen LogP contribution in [-0.2, 0) is 6.42 Å². The quantitative estimate of drug-likeness (QED) is 0.347. The lowest BCUT2D eigenvalue weighted by Gasteiger charge is -2.37. The number of halogens is 2. The molecule has 1 unspecified atom stereocenters. The molecule has 1 aromatic heterocycles. The first-order valence-electron chi connectivity index (χ1n) is 10.2. The van der Waals surface area contributed by atoms with Crippen LogP contribution in [0.2, 0.25) is 5.02 Å². The number of benzene rings is 3. The van der Waals surface area contributed by atoms with Crippen molar-refractivity contribution in [1.82, 2.24) is 9.88 Å². The molecule has 0 saturated heterocycles. The second-order valence-corrected chi connectivity index (χ2v) is 8.43. The second-order valence-electron chi connectivity index (χ2n) is 7.65. The molecule has 0 saturated carbocycles. The Morgan fingerprint density at radius 3 is 2.53 bits per heavy atom. The Morgan fingerprint density at radius 2 is 1.81 bits per heavy atom. The third-order valence-corrected chi connectivity index (χ3v) is 6.33. The van der Waals surface area contributed by atoms with Gasteiger partial charge in [-0.15, -0.1) is 0 Å². The number of nitrogens with one attached hydrogen (secondary N) is 1. The van der Waals surface area contributed by atoms with Crippen molar-refractivity contribution in [2.75, 3.05) is 13.7 Å². The Kier molecular flexibility index (Phi) is 5.49. The van der Waals surface area contributed by atoms with E-state index >= 15 is 0 Å². The molecule has 1 atom stereocenters. The Morgan fingerprint density at radius 1 is 1.09 bits per heavy atom. The standard InChI is InChI=1S/C25H20ClFN2O2S.H2/c1-30-18-7-2-15(3-8-18)24-23-20(21-14-16(26)4-11-22(21)28-23)12-13-29(24)25(32)31-19-9-5-17(27)6-10-19;/h2-11,14,24,28H,12-13H2,1H3;1H. The number of hydrogen-bond acceptors (Lipinski definition) is 3. The first-order valence-corrected chi connectivity index (χ1v) is 11.0. The molecule has 0 aliphatic carbocycles. The summed E-state index contributed by atoms with van der Waals surface area (Å²) in [5.41, 5.74) is 4.37. The molecule has 0 spiro atoms. The van der Waals surface area contributed by atoms with Gasteiger partial charge in [0.15, 0.2) is 0 Å². The average molecular weight is 469 g/mol. The average Bonchev–Trinajstić information content (AvgIpc) is 3.18. The Bertz CT molecular complexity index is 1290. The van der Waals surface area contributed by atoms with Crippen molar-refractivity contribution in [1.29, 1.82) is 0 Å². The third kappa shape index (κ3) is 3.80. The van der Waals surface area contributed by atoms with E-state index < -0.39 is 0 Å². The number of aromatic nitrogens is 1. The van der Waals surface area contributed by atoms with Crippen molar-refractivity contribution >= 4 is 39.9 Å². The van der Waals surface area contributed by atoms with Crippen molar-refractivity contribution < 1.29 is 15.3 Å². The summed E-state index contributed by atoms with van der Waals surface area (Å²) in [6.45, 7) is 0.670. The lowest BCUT2D eigenvalue weighted by atomic mass is 9.93. The van der Waals surface area contributed by atoms with Crippen LogP contribution in [0.15, 0.2) is 66.7 Å². The van der Waals surface area contributed by atoms with Crippen LogP contribution in [0, 0.1) is 5.82 Å². The Balaban J connectivity index is 0.00000259. The fraction of sp³-hybridized carbons (Fsp3) is 0.160. The van der Waals surface area contributed by atoms with E-state index in [1.807, 2.05) is 42.5 Å². The SMILES string of the molecule is COc1ccc(C2c3[nH]c4ccc(Cl)cc4c3CCN2C(=S)Oc2ccc(F)cc2)cc1.[HH]. The number of thiocarbonyl (C=S) groups is 1. The minimum Gasteiger partial charge on any atom is -0.497 e. The molecule has 1 aliphatic rings. The van der Waals surface area contributed by atoms with Crippen molar-refractivity contribution in [2.24, 2.45) is 0 Å². The molecule has 3 aromatic carbocycles. The van der Waals surface area contributed by atoms with Crippen molar-refractivity contribution in [3.05, 3.63) is 94.4 Å². The van der Waals surface area contributed by atoms with Gasteiger partial charge in [-0.1, -0.05) is 23.7 Å². The number of hydrogen-bond donors (Lipinski definition) is 1. The number of H-pyrrole nitrogens is 1. The van der Waals surface area contributed by atoms with Gasteiger partial charge in [0.25, 0.3) is 5.17 Å². The minimum absolute atomic E-state index is 0. The van der Waals surface area contributed by atoms with Crippen LogP contribution in [0.25, 0.3) is 10.9 Å². The molecule has 1 aliphatic heterocycles. The molecule has 2 heterocycles. The molecular weight excluding hydrogens is 447 g/mol. The lowest BCUT2D eigenvalue weighted by Crippen LogP contribution is -2.42. The van der Waals surface area contributed by atoms with Crippen molar-refractivity contribution in [2.45, 2.75) is 12.5 Å². The summed E-state index contributed by atoms with van der Waals surface area (Å²) in [6, 6.07) is 19.5. The number of methoxy groups -OCH3 is 1. The molecule has 32 heavy (non-hydrogen) atoms. The second kappa shape index (κ2) is 8.45. The Labute approximate surface area is 197 Å². The van der Waals surface area contributed by atoms with Gasteiger partial charge in [-0.3, -0.25) is 0 Å². The summed E-state index contributed by atoms with van der Waals surface area (Å²) in [5.74, 6) is 0.961. The number of fused-ring (bicyclic) bond motifs is 3. The molecule has 4 nitrogen and oxygen atoms in total. The number of ether oxygens (including phenoxy) is 2. The zero-order valence-corrected chi connectivity index (χ0v) is 18.8. The highest BCUT2D eigenvalue weighted by atomic mass is 35.5. The predicted octanol–water partition coefficient (Wildman–Crippen LogP) is 6.53. The maximum atomic E-state index is 13.3. The normalized spacial score (nSPS) is 15.5. The van der Waals surface area contributed by atoms with Gasteiger partial charge in [0.05, 0.1) is 13.2 Å². The number of rotatable bonds is 3. The fourth-order valence-electron chi connectivity index (χ4n) is 4.25. The first-order chi connectivity index (χ1) is 15.5. The maximum Gasteiger partial charge on any atom is 0.265 e. The van der Waals surface area contributed by atoms with E-state index in [0.717, 1.165) is 34.3 Å². The van der Waals surface area contributed by atoms with Crippen molar-refractivity contribution in [3.63, 3.8) is 0 Å². The summed E-state index contributed by atoms with van der Waals surface area (Å²) >= 11 is 12.0. The smallest absolute Gasteiger partial charge is 0.265 e. The van der Waals surface area contributed by atoms with E-state index in [4.69, 9.17) is 33.3 Å². The van der Waals surface area contributed by atoms with Crippen molar-refractivity contribution in [3.8, 4) is 11.5 Å². The topological polar surface area (TPSA) is 37.5 Å². The first kappa shape index (κ1) is 20.8. The van der Waals surface area contributed by atoms with E-state index in [2.05, 4.69) is 9.88 Å². The minimum atomic E-state index is -0.321. The van der Waals surface area contributed by atoms with E-state index in [9.17, 15) is 4.39 Å². The zero-order chi connectivity index (χ0) is 22.2. The zero-order valence-electron chi connectivity index (χ0n) is 17.3. The van der Waals surface area contributed by atoms with Crippen LogP contribution in [0.1, 0.15) is 24.3 Å². The van der Waals surface area contributed by atoms with E-state index in [0.29, 0.717) is 22.5 Å². The van der Waals surface area contributed by atoms with Gasteiger partial charge in [0, 0.05) is 29.6 Å². The van der Waals surface area contributed by atoms with Gasteiger partial charge in [-0.05, 0) is 84.4 Å². The highest BCUT2D eigenvalue weighted by molar-refractivity contribution is 7.80. The molecule has 164 valence electrons. The van der Waals surface area contributed by atoms with Crippen LogP contribution < -0.4 is 9.47 Å². The largest absolute Gasteiger partial charge is 0.497 e. The molecule has 0 bridgehead atoms. The summed E-state index contributed by atoms with van der Waals surface area (Å²) in [7, 11) is 1.65. The van der Waals surface area contributed by atoms with Gasteiger partial charge >= 0.3 is 0 Å². The molecule has 1 N–H and O–H groups in total. The van der Waals surface area contributed by atoms with Crippen LogP contribution in [0.3, 0.4) is 0 Å². The highest BCUT2D eigenvalue weighted by Crippen LogP contribution is 2.40. The molecule has 0 amide bonds. The molecule has 4 aromatic rings. The van der Waals surface area contributed by atoms with Crippen LogP contribution in [0.5, 0.6) is 11.5 Å². The summed E-state index contributed by atoms with van der Waals surface area (Å²) in [4.78, 5) is 5.64. The lowest BCUT2D eigenvalue weighted by molar-refractivity contribution is 0.289. The number of nitrogens with zero attached hydrogens (tertiary/aromatic N) is 1.